The van der Waals surface area contributed by atoms with E-state index in [1.165, 1.54) is 30.5 Å². The maximum Gasteiger partial charge on any atom is 0.319 e. The number of hydrogen-bond donors (Lipinski definition) is 1. The van der Waals surface area contributed by atoms with E-state index in [0.717, 1.165) is 45.1 Å². The van der Waals surface area contributed by atoms with Crippen molar-refractivity contribution in [3.63, 3.8) is 0 Å². The van der Waals surface area contributed by atoms with Crippen LogP contribution >= 0.6 is 0 Å². The van der Waals surface area contributed by atoms with Crippen molar-refractivity contribution in [2.45, 2.75) is 57.5 Å². The number of ether oxygens (including phenoxy) is 2. The second-order valence-electron chi connectivity index (χ2n) is 12.8. The summed E-state index contributed by atoms with van der Waals surface area (Å²) in [5.41, 5.74) is 0.0877. The van der Waals surface area contributed by atoms with Crippen LogP contribution in [-0.2, 0) is 4.74 Å². The predicted molar refractivity (Wildman–Crippen MR) is 169 cm³/mol. The molecule has 1 aliphatic carbocycles. The Bertz CT molecular complexity index is 1830. The standard InChI is InChI=1S/C35H37F2N5O3/c1-4-24-27(36)10-9-22-16-23(43)17-25(29(22)24)31-30(37)32-26(18-38-31)33(42-14-7-15-44-19-21(42)2)40-34(39-32)45-20-35-11-5-8-28(35)41(3)13-6-12-35/h1,9-10,16-18,21,28,43H,5-8,11-15,19-20H2,2-3H3/t21?,28-,35-/m1/s1. The fourth-order valence-corrected chi connectivity index (χ4v) is 7.85. The van der Waals surface area contributed by atoms with Gasteiger partial charge in [0.1, 0.15) is 28.6 Å². The quantitative estimate of drug-likeness (QED) is 0.272. The highest BCUT2D eigenvalue weighted by atomic mass is 19.1. The van der Waals surface area contributed by atoms with Crippen molar-refractivity contribution >= 4 is 27.5 Å². The number of hydrogen-bond acceptors (Lipinski definition) is 8. The molecule has 4 aromatic rings. The number of likely N-dealkylation sites (tertiary alicyclic amines) is 1. The highest BCUT2D eigenvalue weighted by Crippen LogP contribution is 2.47. The van der Waals surface area contributed by atoms with E-state index in [1.807, 2.05) is 6.92 Å². The first kappa shape index (κ1) is 29.6. The van der Waals surface area contributed by atoms with Gasteiger partial charge in [-0.05, 0) is 76.2 Å². The maximum atomic E-state index is 16.8. The van der Waals surface area contributed by atoms with Crippen LogP contribution in [0.15, 0.2) is 30.5 Å². The summed E-state index contributed by atoms with van der Waals surface area (Å²) in [7, 11) is 2.18. The number of aromatic nitrogens is 3. The number of terminal acetylenes is 1. The zero-order chi connectivity index (χ0) is 31.3. The van der Waals surface area contributed by atoms with Crippen molar-refractivity contribution in [2.24, 2.45) is 5.41 Å². The first-order valence-corrected chi connectivity index (χ1v) is 15.8. The lowest BCUT2D eigenvalue weighted by atomic mass is 9.76. The molecule has 2 aromatic heterocycles. The van der Waals surface area contributed by atoms with Crippen LogP contribution in [-0.4, -0.2) is 77.0 Å². The Labute approximate surface area is 261 Å². The fourth-order valence-electron chi connectivity index (χ4n) is 7.85. The molecule has 7 rings (SSSR count). The summed E-state index contributed by atoms with van der Waals surface area (Å²) in [5, 5.41) is 11.7. The topological polar surface area (TPSA) is 83.8 Å². The third-order valence-electron chi connectivity index (χ3n) is 10.0. The Hall–Kier alpha value is -4.07. The van der Waals surface area contributed by atoms with Gasteiger partial charge in [0.15, 0.2) is 5.82 Å². The van der Waals surface area contributed by atoms with Crippen LogP contribution in [0.4, 0.5) is 14.6 Å². The van der Waals surface area contributed by atoms with Gasteiger partial charge in [0, 0.05) is 41.8 Å². The second kappa shape index (κ2) is 11.7. The predicted octanol–water partition coefficient (Wildman–Crippen LogP) is 6.07. The molecule has 3 atom stereocenters. The highest BCUT2D eigenvalue weighted by molar-refractivity contribution is 6.03. The van der Waals surface area contributed by atoms with Gasteiger partial charge in [-0.1, -0.05) is 18.4 Å². The minimum atomic E-state index is -0.729. The SMILES string of the molecule is C#Cc1c(F)ccc2cc(O)cc(-c3ncc4c(N5CCCOCC5C)nc(OC[C@]56CCC[C@H]5N(C)CCC6)nc4c3F)c12. The average molecular weight is 614 g/mol. The van der Waals surface area contributed by atoms with Gasteiger partial charge in [0.25, 0.3) is 0 Å². The van der Waals surface area contributed by atoms with E-state index in [2.05, 4.69) is 32.7 Å². The molecule has 1 N–H and O–H groups in total. The third kappa shape index (κ3) is 5.12. The summed E-state index contributed by atoms with van der Waals surface area (Å²) in [6.45, 7) is 5.37. The minimum absolute atomic E-state index is 0.00728. The van der Waals surface area contributed by atoms with Gasteiger partial charge in [-0.15, -0.1) is 6.42 Å². The van der Waals surface area contributed by atoms with E-state index in [9.17, 15) is 9.50 Å². The number of anilines is 1. The van der Waals surface area contributed by atoms with Crippen molar-refractivity contribution in [2.75, 3.05) is 44.9 Å². The van der Waals surface area contributed by atoms with Crippen LogP contribution in [0.25, 0.3) is 32.9 Å². The molecule has 2 aromatic carbocycles. The van der Waals surface area contributed by atoms with Gasteiger partial charge in [0.2, 0.25) is 0 Å². The summed E-state index contributed by atoms with van der Waals surface area (Å²) >= 11 is 0. The van der Waals surface area contributed by atoms with Gasteiger partial charge >= 0.3 is 6.01 Å². The molecule has 0 radical (unpaired) electrons. The summed E-state index contributed by atoms with van der Waals surface area (Å²) in [5.74, 6) is 1.45. The van der Waals surface area contributed by atoms with Gasteiger partial charge < -0.3 is 24.4 Å². The summed E-state index contributed by atoms with van der Waals surface area (Å²) < 4.78 is 43.9. The Kier molecular flexibility index (Phi) is 7.70. The fraction of sp³-hybridized carbons (Fsp3) is 0.457. The Morgan fingerprint density at radius 2 is 2.00 bits per heavy atom. The van der Waals surface area contributed by atoms with Crippen molar-refractivity contribution in [3.8, 4) is 35.4 Å². The van der Waals surface area contributed by atoms with Crippen molar-refractivity contribution in [1.82, 2.24) is 19.9 Å². The summed E-state index contributed by atoms with van der Waals surface area (Å²) in [6.07, 6.45) is 13.6. The summed E-state index contributed by atoms with van der Waals surface area (Å²) in [4.78, 5) is 18.6. The maximum absolute atomic E-state index is 16.8. The minimum Gasteiger partial charge on any atom is -0.508 e. The number of phenols is 1. The van der Waals surface area contributed by atoms with Crippen LogP contribution in [0.1, 0.15) is 51.0 Å². The smallest absolute Gasteiger partial charge is 0.319 e. The lowest BCUT2D eigenvalue weighted by Crippen LogP contribution is -2.50. The molecule has 1 unspecified atom stereocenters. The van der Waals surface area contributed by atoms with Crippen LogP contribution in [0.5, 0.6) is 11.8 Å². The Balaban J connectivity index is 1.39. The average Bonchev–Trinajstić information content (AvgIpc) is 3.36. The van der Waals surface area contributed by atoms with Crippen molar-refractivity contribution in [3.05, 3.63) is 47.7 Å². The van der Waals surface area contributed by atoms with Crippen molar-refractivity contribution < 1.29 is 23.4 Å². The molecule has 0 bridgehead atoms. The van der Waals surface area contributed by atoms with Crippen LogP contribution in [0.2, 0.25) is 0 Å². The van der Waals surface area contributed by atoms with Crippen molar-refractivity contribution in [1.29, 1.82) is 0 Å². The Morgan fingerprint density at radius 1 is 1.16 bits per heavy atom. The number of nitrogens with zero attached hydrogens (tertiary/aromatic N) is 5. The molecule has 0 spiro atoms. The number of aromatic hydroxyl groups is 1. The van der Waals surface area contributed by atoms with E-state index < -0.39 is 11.6 Å². The second-order valence-corrected chi connectivity index (χ2v) is 12.8. The lowest BCUT2D eigenvalue weighted by Gasteiger charge is -2.44. The van der Waals surface area contributed by atoms with Gasteiger partial charge in [0.05, 0.1) is 30.2 Å². The van der Waals surface area contributed by atoms with E-state index in [-0.39, 0.29) is 50.9 Å². The van der Waals surface area contributed by atoms with E-state index in [1.54, 1.807) is 0 Å². The van der Waals surface area contributed by atoms with Crippen LogP contribution < -0.4 is 9.64 Å². The molecular formula is C35H37F2N5O3. The molecular weight excluding hydrogens is 576 g/mol. The molecule has 0 amide bonds. The molecule has 8 nitrogen and oxygen atoms in total. The largest absolute Gasteiger partial charge is 0.508 e. The van der Waals surface area contributed by atoms with Crippen LogP contribution in [0.3, 0.4) is 0 Å². The lowest BCUT2D eigenvalue weighted by molar-refractivity contribution is 0.0133. The van der Waals surface area contributed by atoms with Crippen LogP contribution in [0, 0.1) is 29.4 Å². The molecule has 2 aliphatic heterocycles. The molecule has 4 heterocycles. The van der Waals surface area contributed by atoms with Gasteiger partial charge in [-0.2, -0.15) is 9.97 Å². The first-order chi connectivity index (χ1) is 21.8. The molecule has 3 fully saturated rings. The van der Waals surface area contributed by atoms with E-state index in [4.69, 9.17) is 20.9 Å². The zero-order valence-electron chi connectivity index (χ0n) is 25.7. The Morgan fingerprint density at radius 3 is 2.84 bits per heavy atom. The number of fused-ring (bicyclic) bond motifs is 3. The van der Waals surface area contributed by atoms with E-state index >= 15 is 4.39 Å². The normalized spacial score (nSPS) is 24.0. The number of benzene rings is 2. The molecule has 234 valence electrons. The third-order valence-corrected chi connectivity index (χ3v) is 10.0. The number of rotatable bonds is 5. The number of piperidine rings is 1. The molecule has 1 saturated carbocycles. The van der Waals surface area contributed by atoms with E-state index in [0.29, 0.717) is 49.0 Å². The number of halogens is 2. The molecule has 10 heteroatoms. The van der Waals surface area contributed by atoms with Gasteiger partial charge in [-0.3, -0.25) is 4.98 Å². The monoisotopic (exact) mass is 613 g/mol. The molecule has 2 saturated heterocycles. The molecule has 45 heavy (non-hydrogen) atoms. The summed E-state index contributed by atoms with van der Waals surface area (Å²) in [6, 6.07) is 6.07. The first-order valence-electron chi connectivity index (χ1n) is 15.8. The van der Waals surface area contributed by atoms with Gasteiger partial charge in [-0.25, -0.2) is 8.78 Å². The number of phenolic OH excluding ortho intramolecular Hbond substituents is 1. The highest BCUT2D eigenvalue weighted by Gasteiger charge is 2.47. The zero-order valence-corrected chi connectivity index (χ0v) is 25.7. The number of pyridine rings is 1. The molecule has 3 aliphatic rings.